The van der Waals surface area contributed by atoms with Gasteiger partial charge >= 0.3 is 0 Å². The molecule has 0 fully saturated rings. The molecule has 0 N–H and O–H groups in total. The highest BCUT2D eigenvalue weighted by Gasteiger charge is 2.15. The van der Waals surface area contributed by atoms with Crippen molar-refractivity contribution in [3.05, 3.63) is 59.4 Å². The van der Waals surface area contributed by atoms with Crippen LogP contribution in [0.1, 0.15) is 48.7 Å². The van der Waals surface area contributed by atoms with E-state index in [0.29, 0.717) is 17.9 Å². The van der Waals surface area contributed by atoms with Crippen LogP contribution in [0.4, 0.5) is 0 Å². The van der Waals surface area contributed by atoms with Crippen molar-refractivity contribution >= 4 is 6.29 Å². The average molecular weight is 297 g/mol. The van der Waals surface area contributed by atoms with Crippen molar-refractivity contribution in [2.75, 3.05) is 6.61 Å². The Kier molecular flexibility index (Phi) is 5.31. The summed E-state index contributed by atoms with van der Waals surface area (Å²) in [6, 6.07) is 9.84. The highest BCUT2D eigenvalue weighted by Crippen LogP contribution is 2.27. The second kappa shape index (κ2) is 7.21. The van der Waals surface area contributed by atoms with E-state index >= 15 is 0 Å². The van der Waals surface area contributed by atoms with Gasteiger partial charge in [-0.15, -0.1) is 0 Å². The molecule has 3 nitrogen and oxygen atoms in total. The summed E-state index contributed by atoms with van der Waals surface area (Å²) >= 11 is 0. The molecule has 0 atom stereocenters. The molecule has 0 aliphatic heterocycles. The third-order valence-corrected chi connectivity index (χ3v) is 3.59. The zero-order valence-electron chi connectivity index (χ0n) is 13.5. The van der Waals surface area contributed by atoms with Crippen LogP contribution in [0.5, 0.6) is 5.75 Å². The van der Waals surface area contributed by atoms with Crippen molar-refractivity contribution in [2.24, 2.45) is 0 Å². The number of hydrogen-bond acceptors (Lipinski definition) is 3. The fourth-order valence-electron chi connectivity index (χ4n) is 2.24. The quantitative estimate of drug-likeness (QED) is 0.592. The number of carbonyl (C=O) groups is 1. The molecule has 0 radical (unpaired) electrons. The number of pyridine rings is 1. The minimum atomic E-state index is 0.0244. The number of rotatable bonds is 6. The molecule has 1 aromatic heterocycles. The van der Waals surface area contributed by atoms with E-state index in [1.807, 2.05) is 30.5 Å². The van der Waals surface area contributed by atoms with Gasteiger partial charge in [-0.3, -0.25) is 9.78 Å². The van der Waals surface area contributed by atoms with Crippen LogP contribution in [-0.4, -0.2) is 17.9 Å². The summed E-state index contributed by atoms with van der Waals surface area (Å²) in [6.07, 6.45) is 6.32. The van der Waals surface area contributed by atoms with Gasteiger partial charge in [-0.25, -0.2) is 0 Å². The van der Waals surface area contributed by atoms with Gasteiger partial charge in [-0.1, -0.05) is 32.9 Å². The van der Waals surface area contributed by atoms with Crippen molar-refractivity contribution in [2.45, 2.75) is 39.0 Å². The number of aldehydes is 1. The molecule has 2 aromatic rings. The van der Waals surface area contributed by atoms with Gasteiger partial charge in [0.05, 0.1) is 12.2 Å². The molecule has 0 saturated heterocycles. The molecule has 2 rings (SSSR count). The Bertz CT molecular complexity index is 615. The summed E-state index contributed by atoms with van der Waals surface area (Å²) in [6.45, 7) is 6.98. The molecule has 0 aliphatic rings. The summed E-state index contributed by atoms with van der Waals surface area (Å²) in [5, 5.41) is 0. The standard InChI is InChI=1S/C19H23NO2/c1-19(2,3)17-8-9-18(16(12-17)14-21)22-11-5-7-15-6-4-10-20-13-15/h4,6,8-10,12-14H,5,7,11H2,1-3H3. The number of carbonyl (C=O) groups excluding carboxylic acids is 1. The maximum atomic E-state index is 11.3. The van der Waals surface area contributed by atoms with E-state index in [4.69, 9.17) is 4.74 Å². The highest BCUT2D eigenvalue weighted by atomic mass is 16.5. The molecule has 0 saturated carbocycles. The van der Waals surface area contributed by atoms with Crippen LogP contribution >= 0.6 is 0 Å². The first-order valence-corrected chi connectivity index (χ1v) is 7.62. The summed E-state index contributed by atoms with van der Waals surface area (Å²) in [5.74, 6) is 0.661. The molecule has 1 heterocycles. The molecule has 0 amide bonds. The molecule has 1 aromatic carbocycles. The first kappa shape index (κ1) is 16.2. The first-order chi connectivity index (χ1) is 10.5. The van der Waals surface area contributed by atoms with E-state index in [9.17, 15) is 4.79 Å². The largest absolute Gasteiger partial charge is 0.493 e. The van der Waals surface area contributed by atoms with E-state index in [1.165, 1.54) is 5.56 Å². The van der Waals surface area contributed by atoms with Gasteiger partial charge in [-0.2, -0.15) is 0 Å². The third kappa shape index (κ3) is 4.42. The lowest BCUT2D eigenvalue weighted by Crippen LogP contribution is -2.12. The second-order valence-corrected chi connectivity index (χ2v) is 6.43. The minimum Gasteiger partial charge on any atom is -0.493 e. The number of hydrogen-bond donors (Lipinski definition) is 0. The van der Waals surface area contributed by atoms with Gasteiger partial charge in [0.2, 0.25) is 0 Å². The molecule has 22 heavy (non-hydrogen) atoms. The minimum absolute atomic E-state index is 0.0244. The molecule has 116 valence electrons. The Labute approximate surface area is 132 Å². The van der Waals surface area contributed by atoms with Crippen molar-refractivity contribution in [3.8, 4) is 5.75 Å². The lowest BCUT2D eigenvalue weighted by molar-refractivity contribution is 0.111. The average Bonchev–Trinajstić information content (AvgIpc) is 2.51. The lowest BCUT2D eigenvalue weighted by atomic mass is 9.86. The Morgan fingerprint density at radius 3 is 2.68 bits per heavy atom. The fourth-order valence-corrected chi connectivity index (χ4v) is 2.24. The maximum absolute atomic E-state index is 11.3. The Balaban J connectivity index is 1.94. The number of benzene rings is 1. The number of nitrogens with zero attached hydrogens (tertiary/aromatic N) is 1. The molecule has 0 aliphatic carbocycles. The van der Waals surface area contributed by atoms with Crippen molar-refractivity contribution in [1.82, 2.24) is 4.98 Å². The Morgan fingerprint density at radius 2 is 2.05 bits per heavy atom. The zero-order chi connectivity index (χ0) is 16.0. The first-order valence-electron chi connectivity index (χ1n) is 7.62. The zero-order valence-corrected chi connectivity index (χ0v) is 13.5. The SMILES string of the molecule is CC(C)(C)c1ccc(OCCCc2cccnc2)c(C=O)c1. The van der Waals surface area contributed by atoms with Crippen molar-refractivity contribution in [1.29, 1.82) is 0 Å². The van der Waals surface area contributed by atoms with Crippen LogP contribution in [0, 0.1) is 0 Å². The van der Waals surface area contributed by atoms with Gasteiger partial charge in [0.15, 0.2) is 6.29 Å². The van der Waals surface area contributed by atoms with E-state index in [-0.39, 0.29) is 5.41 Å². The van der Waals surface area contributed by atoms with Crippen molar-refractivity contribution < 1.29 is 9.53 Å². The maximum Gasteiger partial charge on any atom is 0.153 e. The highest BCUT2D eigenvalue weighted by molar-refractivity contribution is 5.79. The van der Waals surface area contributed by atoms with E-state index in [2.05, 4.69) is 31.8 Å². The van der Waals surface area contributed by atoms with E-state index in [1.54, 1.807) is 6.20 Å². The van der Waals surface area contributed by atoms with Crippen LogP contribution in [0.25, 0.3) is 0 Å². The van der Waals surface area contributed by atoms with Gasteiger partial charge in [0.1, 0.15) is 5.75 Å². The van der Waals surface area contributed by atoms with Crippen LogP contribution in [-0.2, 0) is 11.8 Å². The molecule has 0 unspecified atom stereocenters. The Hall–Kier alpha value is -2.16. The second-order valence-electron chi connectivity index (χ2n) is 6.43. The molecule has 0 spiro atoms. The summed E-state index contributed by atoms with van der Waals surface area (Å²) < 4.78 is 5.77. The van der Waals surface area contributed by atoms with Crippen LogP contribution < -0.4 is 4.74 Å². The van der Waals surface area contributed by atoms with Gasteiger partial charge in [0, 0.05) is 12.4 Å². The van der Waals surface area contributed by atoms with E-state index < -0.39 is 0 Å². The van der Waals surface area contributed by atoms with Crippen LogP contribution in [0.2, 0.25) is 0 Å². The third-order valence-electron chi connectivity index (χ3n) is 3.59. The van der Waals surface area contributed by atoms with Gasteiger partial charge < -0.3 is 4.74 Å². The van der Waals surface area contributed by atoms with Gasteiger partial charge in [0.25, 0.3) is 0 Å². The predicted octanol–water partition coefficient (Wildman–Crippen LogP) is 4.20. The fraction of sp³-hybridized carbons (Fsp3) is 0.368. The molecule has 0 bridgehead atoms. The summed E-state index contributed by atoms with van der Waals surface area (Å²) in [4.78, 5) is 15.4. The summed E-state index contributed by atoms with van der Waals surface area (Å²) in [7, 11) is 0. The summed E-state index contributed by atoms with van der Waals surface area (Å²) in [5.41, 5.74) is 2.98. The van der Waals surface area contributed by atoms with Crippen LogP contribution in [0.3, 0.4) is 0 Å². The topological polar surface area (TPSA) is 39.2 Å². The van der Waals surface area contributed by atoms with Crippen molar-refractivity contribution in [3.63, 3.8) is 0 Å². The number of aryl methyl sites for hydroxylation is 1. The predicted molar refractivity (Wildman–Crippen MR) is 88.6 cm³/mol. The number of ether oxygens (including phenoxy) is 1. The van der Waals surface area contributed by atoms with Crippen LogP contribution in [0.15, 0.2) is 42.7 Å². The lowest BCUT2D eigenvalue weighted by Gasteiger charge is -2.20. The normalized spacial score (nSPS) is 11.2. The number of aromatic nitrogens is 1. The molecular formula is C19H23NO2. The smallest absolute Gasteiger partial charge is 0.153 e. The molecular weight excluding hydrogens is 274 g/mol. The van der Waals surface area contributed by atoms with Gasteiger partial charge in [-0.05, 0) is 47.6 Å². The monoisotopic (exact) mass is 297 g/mol. The van der Waals surface area contributed by atoms with E-state index in [0.717, 1.165) is 24.7 Å². The molecule has 3 heteroatoms. The Morgan fingerprint density at radius 1 is 1.23 bits per heavy atom.